The van der Waals surface area contributed by atoms with Gasteiger partial charge in [0.25, 0.3) is 5.91 Å². The minimum Gasteiger partial charge on any atom is -0.497 e. The van der Waals surface area contributed by atoms with Crippen molar-refractivity contribution >= 4 is 79.7 Å². The number of imide groups is 1. The predicted octanol–water partition coefficient (Wildman–Crippen LogP) is 6.56. The van der Waals surface area contributed by atoms with Crippen molar-refractivity contribution in [3.8, 4) is 11.5 Å². The van der Waals surface area contributed by atoms with Crippen LogP contribution in [-0.2, 0) is 14.4 Å². The highest BCUT2D eigenvalue weighted by Crippen LogP contribution is 2.69. The van der Waals surface area contributed by atoms with Crippen molar-refractivity contribution in [3.05, 3.63) is 96.3 Å². The third-order valence-corrected chi connectivity index (χ3v) is 13.2. The molecule has 2 saturated carbocycles. The summed E-state index contributed by atoms with van der Waals surface area (Å²) in [5, 5.41) is 4.19. The van der Waals surface area contributed by atoms with Gasteiger partial charge in [0.1, 0.15) is 11.5 Å². The van der Waals surface area contributed by atoms with Crippen LogP contribution in [-0.4, -0.2) is 41.7 Å². The molecule has 0 unspecified atom stereocenters. The van der Waals surface area contributed by atoms with Crippen LogP contribution < -0.4 is 24.6 Å². The van der Waals surface area contributed by atoms with Crippen molar-refractivity contribution in [2.75, 3.05) is 23.9 Å². The summed E-state index contributed by atoms with van der Waals surface area (Å²) >= 11 is 12.5. The van der Waals surface area contributed by atoms with Crippen molar-refractivity contribution in [3.63, 3.8) is 0 Å². The number of aromatic nitrogens is 1. The number of aromatic amines is 1. The largest absolute Gasteiger partial charge is 0.497 e. The SMILES string of the molecule is COc1ccc(NC(=O)COc2ccc(Br)cc2[C@@H]2c3sc(=O)[nH]c3S[C@@H]3[C@@H]4C[C@@H]([C@@H]5C(=O)N(c6ccc(Cl)cc6)C(=O)[C@@H]45)[C@H]23)cc1. The molecule has 2 N–H and O–H groups in total. The zero-order valence-electron chi connectivity index (χ0n) is 24.8. The Morgan fingerprint density at radius 2 is 1.74 bits per heavy atom. The molecule has 240 valence electrons. The van der Waals surface area contributed by atoms with Crippen molar-refractivity contribution in [2.24, 2.45) is 29.6 Å². The van der Waals surface area contributed by atoms with Gasteiger partial charge < -0.3 is 19.8 Å². The number of hydrogen-bond acceptors (Lipinski definition) is 8. The normalized spacial score (nSPS) is 27.0. The summed E-state index contributed by atoms with van der Waals surface area (Å²) < 4.78 is 12.2. The number of fused-ring (bicyclic) bond motifs is 9. The van der Waals surface area contributed by atoms with Crippen molar-refractivity contribution in [2.45, 2.75) is 22.6 Å². The number of nitrogens with one attached hydrogen (secondary N) is 2. The summed E-state index contributed by atoms with van der Waals surface area (Å²) in [5.41, 5.74) is 1.98. The van der Waals surface area contributed by atoms with E-state index in [0.717, 1.165) is 26.4 Å². The lowest BCUT2D eigenvalue weighted by Gasteiger charge is -2.43. The number of benzene rings is 3. The van der Waals surface area contributed by atoms with E-state index in [0.29, 0.717) is 27.9 Å². The summed E-state index contributed by atoms with van der Waals surface area (Å²) in [6, 6.07) is 19.5. The van der Waals surface area contributed by atoms with Gasteiger partial charge in [-0.25, -0.2) is 0 Å². The summed E-state index contributed by atoms with van der Waals surface area (Å²) in [4.78, 5) is 58.8. The molecule has 0 spiro atoms. The van der Waals surface area contributed by atoms with E-state index in [2.05, 4.69) is 26.2 Å². The van der Waals surface area contributed by atoms with Gasteiger partial charge in [-0.3, -0.25) is 24.1 Å². The van der Waals surface area contributed by atoms with E-state index in [1.165, 1.54) is 16.2 Å². The molecule has 2 aliphatic heterocycles. The Labute approximate surface area is 291 Å². The van der Waals surface area contributed by atoms with E-state index in [1.807, 2.05) is 18.2 Å². The van der Waals surface area contributed by atoms with E-state index >= 15 is 0 Å². The second-order valence-electron chi connectivity index (χ2n) is 12.2. The third kappa shape index (κ3) is 5.11. The standard InChI is InChI=1S/C34H27BrClN3O6S2/c1-44-19-9-5-17(6-10-19)37-24(40)14-45-23-11-2-15(35)12-20(23)25-26-21-13-22(29(26)46-31-30(25)47-34(43)38-31)28-27(21)32(41)39(33(28)42)18-7-3-16(36)4-8-18/h2-12,21-22,25-29H,13-14H2,1H3,(H,37,40)(H,38,43)/t21-,22-,25+,26-,27+,28+,29-/m1/s1. The van der Waals surface area contributed by atoms with Crippen LogP contribution in [0.1, 0.15) is 22.8 Å². The topological polar surface area (TPSA) is 118 Å². The molecular formula is C34H27BrClN3O6S2. The molecule has 4 aromatic rings. The number of nitrogens with zero attached hydrogens (tertiary/aromatic N) is 1. The Kier molecular flexibility index (Phi) is 7.74. The maximum atomic E-state index is 14.1. The van der Waals surface area contributed by atoms with Gasteiger partial charge in [-0.1, -0.05) is 38.9 Å². The molecule has 0 radical (unpaired) electrons. The zero-order chi connectivity index (χ0) is 32.6. The Morgan fingerprint density at radius 3 is 2.47 bits per heavy atom. The number of anilines is 2. The van der Waals surface area contributed by atoms with Crippen molar-refractivity contribution in [1.82, 2.24) is 4.98 Å². The second kappa shape index (κ2) is 11.8. The summed E-state index contributed by atoms with van der Waals surface area (Å²) in [7, 11) is 1.58. The maximum Gasteiger partial charge on any atom is 0.305 e. The number of ether oxygens (including phenoxy) is 2. The first-order chi connectivity index (χ1) is 22.7. The fourth-order valence-corrected chi connectivity index (χ4v) is 11.5. The Morgan fingerprint density at radius 1 is 1.02 bits per heavy atom. The zero-order valence-corrected chi connectivity index (χ0v) is 28.8. The van der Waals surface area contributed by atoms with E-state index in [4.69, 9.17) is 21.1 Å². The molecule has 2 bridgehead atoms. The van der Waals surface area contributed by atoms with E-state index in [9.17, 15) is 19.2 Å². The van der Waals surface area contributed by atoms with E-state index in [1.54, 1.807) is 67.4 Å². The van der Waals surface area contributed by atoms with Crippen LogP contribution in [0.25, 0.3) is 0 Å². The van der Waals surface area contributed by atoms with Crippen LogP contribution in [0.4, 0.5) is 11.4 Å². The lowest BCUT2D eigenvalue weighted by atomic mass is 9.68. The number of amides is 3. The first kappa shape index (κ1) is 30.7. The molecule has 3 amide bonds. The molecule has 2 aliphatic carbocycles. The van der Waals surface area contributed by atoms with E-state index in [-0.39, 0.29) is 58.1 Å². The molecule has 4 aliphatic rings. The number of thioether (sulfide) groups is 1. The number of halogens is 2. The highest BCUT2D eigenvalue weighted by Gasteiger charge is 2.69. The number of hydrogen-bond donors (Lipinski definition) is 2. The first-order valence-corrected chi connectivity index (χ1v) is 18.0. The minimum absolute atomic E-state index is 0.0103. The monoisotopic (exact) mass is 751 g/mol. The maximum absolute atomic E-state index is 14.1. The number of thiazole rings is 1. The van der Waals surface area contributed by atoms with Gasteiger partial charge in [0, 0.05) is 36.8 Å². The Bertz CT molecular complexity index is 1980. The fraction of sp³-hybridized carbons (Fsp3) is 0.294. The summed E-state index contributed by atoms with van der Waals surface area (Å²) in [5.74, 6) is -0.725. The first-order valence-electron chi connectivity index (χ1n) is 15.1. The molecule has 3 fully saturated rings. The van der Waals surface area contributed by atoms with Gasteiger partial charge in [0.2, 0.25) is 11.8 Å². The van der Waals surface area contributed by atoms with Gasteiger partial charge in [-0.05, 0) is 90.9 Å². The minimum atomic E-state index is -0.448. The van der Waals surface area contributed by atoms with Gasteiger partial charge in [-0.2, -0.15) is 0 Å². The summed E-state index contributed by atoms with van der Waals surface area (Å²) in [6.45, 7) is -0.230. The van der Waals surface area contributed by atoms with Crippen LogP contribution >= 0.6 is 50.6 Å². The molecule has 13 heteroatoms. The quantitative estimate of drug-likeness (QED) is 0.206. The number of carbonyl (C=O) groups excluding carboxylic acids is 3. The van der Waals surface area contributed by atoms with E-state index < -0.39 is 11.8 Å². The molecule has 47 heavy (non-hydrogen) atoms. The molecule has 3 aromatic carbocycles. The average Bonchev–Trinajstić information content (AvgIpc) is 3.80. The Hall–Kier alpha value is -3.58. The second-order valence-corrected chi connectivity index (χ2v) is 15.8. The van der Waals surface area contributed by atoms with Crippen molar-refractivity contribution in [1.29, 1.82) is 0 Å². The van der Waals surface area contributed by atoms with Gasteiger partial charge in [-0.15, -0.1) is 11.8 Å². The molecule has 1 aromatic heterocycles. The van der Waals surface area contributed by atoms with Gasteiger partial charge in [0.15, 0.2) is 6.61 Å². The number of methoxy groups -OCH3 is 1. The molecular weight excluding hydrogens is 726 g/mol. The number of carbonyl (C=O) groups is 3. The third-order valence-electron chi connectivity index (χ3n) is 9.85. The lowest BCUT2D eigenvalue weighted by Crippen LogP contribution is -2.42. The van der Waals surface area contributed by atoms with Crippen LogP contribution in [0.5, 0.6) is 11.5 Å². The molecule has 7 atom stereocenters. The highest BCUT2D eigenvalue weighted by atomic mass is 79.9. The lowest BCUT2D eigenvalue weighted by molar-refractivity contribution is -0.123. The molecule has 3 heterocycles. The average molecular weight is 753 g/mol. The van der Waals surface area contributed by atoms with Gasteiger partial charge in [0.05, 0.1) is 29.7 Å². The Balaban J connectivity index is 1.12. The molecule has 9 nitrogen and oxygen atoms in total. The summed E-state index contributed by atoms with van der Waals surface area (Å²) in [6.07, 6.45) is 0.758. The molecule has 8 rings (SSSR count). The van der Waals surface area contributed by atoms with Crippen LogP contribution in [0.15, 0.2) is 81.0 Å². The fourth-order valence-electron chi connectivity index (χ4n) is 8.12. The predicted molar refractivity (Wildman–Crippen MR) is 184 cm³/mol. The van der Waals surface area contributed by atoms with Gasteiger partial charge >= 0.3 is 4.87 Å². The van der Waals surface area contributed by atoms with Crippen molar-refractivity contribution < 1.29 is 23.9 Å². The highest BCUT2D eigenvalue weighted by molar-refractivity contribution is 9.10. The smallest absolute Gasteiger partial charge is 0.305 e. The number of H-pyrrole nitrogens is 1. The van der Waals surface area contributed by atoms with Crippen LogP contribution in [0.2, 0.25) is 5.02 Å². The molecule has 1 saturated heterocycles. The number of rotatable bonds is 7. The van der Waals surface area contributed by atoms with Crippen LogP contribution in [0.3, 0.4) is 0 Å². The van der Waals surface area contributed by atoms with Crippen LogP contribution in [0, 0.1) is 29.6 Å².